The van der Waals surface area contributed by atoms with Gasteiger partial charge in [-0.25, -0.2) is 9.78 Å². The van der Waals surface area contributed by atoms with Crippen LogP contribution in [0, 0.1) is 11.3 Å². The predicted octanol–water partition coefficient (Wildman–Crippen LogP) is 1.84. The second kappa shape index (κ2) is 4.93. The Morgan fingerprint density at radius 3 is 3.00 bits per heavy atom. The lowest BCUT2D eigenvalue weighted by atomic mass is 10.3. The van der Waals surface area contributed by atoms with E-state index in [2.05, 4.69) is 9.97 Å². The standard InChI is InChI=1S/C12H7N3O3/c13-5-10-11(2-1-3-15-10)18-9-4-8(12(16)17)6-14-7-9/h1-4,6-7H,(H,16,17). The van der Waals surface area contributed by atoms with Crippen LogP contribution in [-0.2, 0) is 0 Å². The Morgan fingerprint density at radius 2 is 2.28 bits per heavy atom. The monoisotopic (exact) mass is 241 g/mol. The molecule has 0 unspecified atom stereocenters. The third-order valence-corrected chi connectivity index (χ3v) is 2.06. The van der Waals surface area contributed by atoms with Crippen LogP contribution in [0.1, 0.15) is 16.1 Å². The second-order valence-electron chi connectivity index (χ2n) is 3.28. The van der Waals surface area contributed by atoms with E-state index >= 15 is 0 Å². The zero-order valence-corrected chi connectivity index (χ0v) is 9.07. The van der Waals surface area contributed by atoms with Gasteiger partial charge in [0, 0.05) is 12.4 Å². The highest BCUT2D eigenvalue weighted by Crippen LogP contribution is 2.23. The summed E-state index contributed by atoms with van der Waals surface area (Å²) in [7, 11) is 0. The summed E-state index contributed by atoms with van der Waals surface area (Å²) in [6, 6.07) is 6.39. The molecule has 0 aliphatic rings. The molecule has 2 rings (SSSR count). The number of nitriles is 1. The number of carbonyl (C=O) groups is 1. The van der Waals surface area contributed by atoms with Gasteiger partial charge in [0.05, 0.1) is 11.8 Å². The lowest BCUT2D eigenvalue weighted by molar-refractivity contribution is 0.0696. The zero-order chi connectivity index (χ0) is 13.0. The van der Waals surface area contributed by atoms with Gasteiger partial charge in [0.25, 0.3) is 0 Å². The molecule has 0 saturated carbocycles. The number of pyridine rings is 2. The van der Waals surface area contributed by atoms with E-state index in [4.69, 9.17) is 15.1 Å². The first-order valence-corrected chi connectivity index (χ1v) is 4.92. The van der Waals surface area contributed by atoms with Crippen LogP contribution in [0.5, 0.6) is 11.5 Å². The molecule has 2 heterocycles. The summed E-state index contributed by atoms with van der Waals surface area (Å²) < 4.78 is 5.38. The normalized spacial score (nSPS) is 9.50. The Hall–Kier alpha value is -2.94. The van der Waals surface area contributed by atoms with Gasteiger partial charge in [0.1, 0.15) is 11.8 Å². The van der Waals surface area contributed by atoms with Crippen molar-refractivity contribution in [2.24, 2.45) is 0 Å². The minimum Gasteiger partial charge on any atom is -0.478 e. The van der Waals surface area contributed by atoms with E-state index in [1.54, 1.807) is 12.1 Å². The molecule has 0 spiro atoms. The van der Waals surface area contributed by atoms with Crippen molar-refractivity contribution in [2.75, 3.05) is 0 Å². The molecule has 0 radical (unpaired) electrons. The molecule has 0 aliphatic heterocycles. The van der Waals surface area contributed by atoms with Crippen LogP contribution in [0.25, 0.3) is 0 Å². The second-order valence-corrected chi connectivity index (χ2v) is 3.28. The number of aromatic carboxylic acids is 1. The van der Waals surface area contributed by atoms with Crippen molar-refractivity contribution in [1.82, 2.24) is 9.97 Å². The number of carboxylic acids is 1. The maximum Gasteiger partial charge on any atom is 0.337 e. The summed E-state index contributed by atoms with van der Waals surface area (Å²) in [6.07, 6.45) is 4.04. The smallest absolute Gasteiger partial charge is 0.337 e. The first-order valence-electron chi connectivity index (χ1n) is 4.92. The highest BCUT2D eigenvalue weighted by atomic mass is 16.5. The van der Waals surface area contributed by atoms with Crippen LogP contribution >= 0.6 is 0 Å². The van der Waals surface area contributed by atoms with Crippen molar-refractivity contribution in [3.63, 3.8) is 0 Å². The fourth-order valence-corrected chi connectivity index (χ4v) is 1.28. The number of ether oxygens (including phenoxy) is 1. The molecule has 0 fully saturated rings. The van der Waals surface area contributed by atoms with Crippen molar-refractivity contribution in [3.8, 4) is 17.6 Å². The van der Waals surface area contributed by atoms with Crippen molar-refractivity contribution in [1.29, 1.82) is 5.26 Å². The van der Waals surface area contributed by atoms with Gasteiger partial charge in [-0.05, 0) is 18.2 Å². The van der Waals surface area contributed by atoms with Crippen LogP contribution < -0.4 is 4.74 Å². The molecule has 0 atom stereocenters. The lowest BCUT2D eigenvalue weighted by Gasteiger charge is -2.06. The Kier molecular flexibility index (Phi) is 3.16. The predicted molar refractivity (Wildman–Crippen MR) is 60.2 cm³/mol. The van der Waals surface area contributed by atoms with E-state index in [9.17, 15) is 4.79 Å². The van der Waals surface area contributed by atoms with Crippen LogP contribution in [0.3, 0.4) is 0 Å². The summed E-state index contributed by atoms with van der Waals surface area (Å²) in [5.74, 6) is -0.608. The highest BCUT2D eigenvalue weighted by molar-refractivity contribution is 5.87. The number of carboxylic acid groups (broad SMARTS) is 1. The third-order valence-electron chi connectivity index (χ3n) is 2.06. The SMILES string of the molecule is N#Cc1ncccc1Oc1cncc(C(=O)O)c1. The average Bonchev–Trinajstić information content (AvgIpc) is 2.39. The fourth-order valence-electron chi connectivity index (χ4n) is 1.28. The summed E-state index contributed by atoms with van der Waals surface area (Å²) in [5, 5.41) is 17.7. The average molecular weight is 241 g/mol. The van der Waals surface area contributed by atoms with Crippen molar-refractivity contribution in [2.45, 2.75) is 0 Å². The van der Waals surface area contributed by atoms with Gasteiger partial charge in [0.2, 0.25) is 0 Å². The van der Waals surface area contributed by atoms with Crippen molar-refractivity contribution < 1.29 is 14.6 Å². The third kappa shape index (κ3) is 2.41. The van der Waals surface area contributed by atoms with Gasteiger partial charge in [-0.3, -0.25) is 4.98 Å². The van der Waals surface area contributed by atoms with Crippen LogP contribution in [-0.4, -0.2) is 21.0 Å². The molecule has 18 heavy (non-hydrogen) atoms. The fraction of sp³-hybridized carbons (Fsp3) is 0. The molecule has 2 aromatic rings. The Bertz CT molecular complexity index is 634. The number of nitrogens with zero attached hydrogens (tertiary/aromatic N) is 3. The zero-order valence-electron chi connectivity index (χ0n) is 9.07. The molecular formula is C12H7N3O3. The van der Waals surface area contributed by atoms with Crippen LogP contribution in [0.15, 0.2) is 36.8 Å². The van der Waals surface area contributed by atoms with Gasteiger partial charge in [-0.15, -0.1) is 0 Å². The summed E-state index contributed by atoms with van der Waals surface area (Å²) >= 11 is 0. The Labute approximate surface area is 102 Å². The maximum atomic E-state index is 10.8. The van der Waals surface area contributed by atoms with E-state index in [0.29, 0.717) is 0 Å². The molecule has 6 heteroatoms. The molecule has 0 saturated heterocycles. The van der Waals surface area contributed by atoms with Crippen molar-refractivity contribution >= 4 is 5.97 Å². The molecule has 1 N–H and O–H groups in total. The molecule has 0 aliphatic carbocycles. The molecule has 6 nitrogen and oxygen atoms in total. The Balaban J connectivity index is 2.32. The topological polar surface area (TPSA) is 96.1 Å². The number of hydrogen-bond acceptors (Lipinski definition) is 5. The molecule has 0 bridgehead atoms. The van der Waals surface area contributed by atoms with Gasteiger partial charge in [0.15, 0.2) is 11.4 Å². The van der Waals surface area contributed by atoms with Gasteiger partial charge in [-0.2, -0.15) is 5.26 Å². The van der Waals surface area contributed by atoms with Crippen LogP contribution in [0.4, 0.5) is 0 Å². The molecular weight excluding hydrogens is 234 g/mol. The van der Waals surface area contributed by atoms with E-state index in [1.165, 1.54) is 24.7 Å². The first kappa shape index (κ1) is 11.5. The molecule has 0 amide bonds. The number of rotatable bonds is 3. The largest absolute Gasteiger partial charge is 0.478 e. The van der Waals surface area contributed by atoms with Gasteiger partial charge in [-0.1, -0.05) is 0 Å². The van der Waals surface area contributed by atoms with Crippen LogP contribution in [0.2, 0.25) is 0 Å². The maximum absolute atomic E-state index is 10.8. The minimum atomic E-state index is -1.10. The van der Waals surface area contributed by atoms with E-state index < -0.39 is 5.97 Å². The van der Waals surface area contributed by atoms with E-state index in [1.807, 2.05) is 6.07 Å². The van der Waals surface area contributed by atoms with Gasteiger partial charge < -0.3 is 9.84 Å². The summed E-state index contributed by atoms with van der Waals surface area (Å²) in [5.41, 5.74) is 0.133. The highest BCUT2D eigenvalue weighted by Gasteiger charge is 2.08. The molecule has 2 aromatic heterocycles. The number of aromatic nitrogens is 2. The summed E-state index contributed by atoms with van der Waals surface area (Å²) in [6.45, 7) is 0. The Morgan fingerprint density at radius 1 is 1.44 bits per heavy atom. The van der Waals surface area contributed by atoms with Gasteiger partial charge >= 0.3 is 5.97 Å². The first-order chi connectivity index (χ1) is 8.70. The summed E-state index contributed by atoms with van der Waals surface area (Å²) in [4.78, 5) is 18.3. The molecule has 0 aromatic carbocycles. The number of hydrogen-bond donors (Lipinski definition) is 1. The van der Waals surface area contributed by atoms with Crippen molar-refractivity contribution in [3.05, 3.63) is 48.0 Å². The minimum absolute atomic E-state index is 0.00916. The van der Waals surface area contributed by atoms with E-state index in [0.717, 1.165) is 0 Å². The molecule has 88 valence electrons. The lowest BCUT2D eigenvalue weighted by Crippen LogP contribution is -1.98. The quantitative estimate of drug-likeness (QED) is 0.880. The van der Waals surface area contributed by atoms with E-state index in [-0.39, 0.29) is 22.8 Å².